The first-order valence-electron chi connectivity index (χ1n) is 8.31. The lowest BCUT2D eigenvalue weighted by molar-refractivity contribution is -0.137. The molecule has 0 spiro atoms. The molecule has 0 aliphatic heterocycles. The van der Waals surface area contributed by atoms with Gasteiger partial charge >= 0.3 is 6.18 Å². The van der Waals surface area contributed by atoms with E-state index in [1.165, 1.54) is 12.1 Å². The SMILES string of the molecule is O=C(CSc1nnc(NC(=O)c2cc(Br)ccc2Cl)s1)Nc1cccc(C(F)(F)F)c1. The molecule has 2 amide bonds. The molecule has 1 heterocycles. The summed E-state index contributed by atoms with van der Waals surface area (Å²) in [4.78, 5) is 24.4. The second kappa shape index (κ2) is 9.98. The van der Waals surface area contributed by atoms with Crippen LogP contribution in [-0.2, 0) is 11.0 Å². The highest BCUT2D eigenvalue weighted by atomic mass is 79.9. The summed E-state index contributed by atoms with van der Waals surface area (Å²) >= 11 is 11.4. The average molecular weight is 552 g/mol. The molecule has 1 aromatic heterocycles. The van der Waals surface area contributed by atoms with Crippen molar-refractivity contribution in [2.75, 3.05) is 16.4 Å². The fourth-order valence-electron chi connectivity index (χ4n) is 2.25. The molecule has 0 bridgehead atoms. The van der Waals surface area contributed by atoms with Gasteiger partial charge in [-0.1, -0.05) is 56.7 Å². The van der Waals surface area contributed by atoms with Gasteiger partial charge in [-0.25, -0.2) is 0 Å². The van der Waals surface area contributed by atoms with Crippen LogP contribution in [-0.4, -0.2) is 27.8 Å². The number of carbonyl (C=O) groups is 2. The van der Waals surface area contributed by atoms with Crippen LogP contribution in [0.15, 0.2) is 51.3 Å². The number of aromatic nitrogens is 2. The lowest BCUT2D eigenvalue weighted by atomic mass is 10.2. The van der Waals surface area contributed by atoms with Crippen molar-refractivity contribution in [2.24, 2.45) is 0 Å². The number of carbonyl (C=O) groups excluding carboxylic acids is 2. The smallest absolute Gasteiger partial charge is 0.325 e. The lowest BCUT2D eigenvalue weighted by Gasteiger charge is -2.09. The van der Waals surface area contributed by atoms with Crippen LogP contribution in [0.2, 0.25) is 5.02 Å². The molecule has 31 heavy (non-hydrogen) atoms. The van der Waals surface area contributed by atoms with E-state index < -0.39 is 23.6 Å². The summed E-state index contributed by atoms with van der Waals surface area (Å²) in [6, 6.07) is 9.18. The lowest BCUT2D eigenvalue weighted by Crippen LogP contribution is -2.15. The third kappa shape index (κ3) is 6.66. The summed E-state index contributed by atoms with van der Waals surface area (Å²) in [5, 5.41) is 13.2. The molecule has 162 valence electrons. The molecule has 0 aliphatic rings. The zero-order valence-electron chi connectivity index (χ0n) is 15.2. The van der Waals surface area contributed by atoms with Gasteiger partial charge in [0, 0.05) is 10.2 Å². The third-order valence-electron chi connectivity index (χ3n) is 3.60. The maximum absolute atomic E-state index is 12.7. The minimum Gasteiger partial charge on any atom is -0.325 e. The van der Waals surface area contributed by atoms with Gasteiger partial charge in [-0.05, 0) is 36.4 Å². The van der Waals surface area contributed by atoms with E-state index in [0.29, 0.717) is 8.81 Å². The Labute approximate surface area is 195 Å². The molecule has 2 N–H and O–H groups in total. The van der Waals surface area contributed by atoms with Gasteiger partial charge in [-0.2, -0.15) is 13.2 Å². The molecular formula is C18H11BrClF3N4O2S2. The Balaban J connectivity index is 1.55. The number of hydrogen-bond donors (Lipinski definition) is 2. The maximum Gasteiger partial charge on any atom is 0.416 e. The van der Waals surface area contributed by atoms with Crippen LogP contribution in [0.4, 0.5) is 24.0 Å². The van der Waals surface area contributed by atoms with Crippen LogP contribution in [0.1, 0.15) is 15.9 Å². The van der Waals surface area contributed by atoms with Crippen molar-refractivity contribution in [2.45, 2.75) is 10.5 Å². The Morgan fingerprint density at radius 1 is 1.13 bits per heavy atom. The number of rotatable bonds is 6. The number of anilines is 2. The third-order valence-corrected chi connectivity index (χ3v) is 6.40. The van der Waals surface area contributed by atoms with E-state index in [1.807, 2.05) is 0 Å². The van der Waals surface area contributed by atoms with E-state index in [4.69, 9.17) is 11.6 Å². The van der Waals surface area contributed by atoms with Crippen LogP contribution in [0, 0.1) is 0 Å². The van der Waals surface area contributed by atoms with Gasteiger partial charge in [0.2, 0.25) is 11.0 Å². The van der Waals surface area contributed by atoms with Gasteiger partial charge in [-0.15, -0.1) is 10.2 Å². The van der Waals surface area contributed by atoms with Gasteiger partial charge in [-0.3, -0.25) is 14.9 Å². The van der Waals surface area contributed by atoms with Crippen LogP contribution in [0.5, 0.6) is 0 Å². The van der Waals surface area contributed by atoms with Crippen molar-refractivity contribution in [1.82, 2.24) is 10.2 Å². The predicted molar refractivity (Wildman–Crippen MR) is 118 cm³/mol. The van der Waals surface area contributed by atoms with Crippen LogP contribution < -0.4 is 10.6 Å². The number of hydrogen-bond acceptors (Lipinski definition) is 6. The van der Waals surface area contributed by atoms with E-state index in [-0.39, 0.29) is 27.2 Å². The molecule has 3 rings (SSSR count). The van der Waals surface area contributed by atoms with Crippen molar-refractivity contribution >= 4 is 73.3 Å². The molecule has 0 saturated heterocycles. The Kier molecular flexibility index (Phi) is 7.57. The number of alkyl halides is 3. The summed E-state index contributed by atoms with van der Waals surface area (Å²) < 4.78 is 39.3. The van der Waals surface area contributed by atoms with E-state index in [2.05, 4.69) is 36.8 Å². The molecule has 0 aliphatic carbocycles. The first-order valence-corrected chi connectivity index (χ1v) is 11.3. The van der Waals surface area contributed by atoms with Crippen LogP contribution in [0.3, 0.4) is 0 Å². The van der Waals surface area contributed by atoms with Gasteiger partial charge < -0.3 is 5.32 Å². The highest BCUT2D eigenvalue weighted by Crippen LogP contribution is 2.31. The molecule has 0 saturated carbocycles. The first kappa shape index (κ1) is 23.5. The van der Waals surface area contributed by atoms with Gasteiger partial charge in [0.1, 0.15) is 0 Å². The Morgan fingerprint density at radius 3 is 2.65 bits per heavy atom. The van der Waals surface area contributed by atoms with E-state index >= 15 is 0 Å². The van der Waals surface area contributed by atoms with Crippen molar-refractivity contribution in [3.8, 4) is 0 Å². The Morgan fingerprint density at radius 2 is 1.90 bits per heavy atom. The van der Waals surface area contributed by atoms with Gasteiger partial charge in [0.05, 0.1) is 21.9 Å². The second-order valence-corrected chi connectivity index (χ2v) is 9.39. The summed E-state index contributed by atoms with van der Waals surface area (Å²) in [7, 11) is 0. The fraction of sp³-hybridized carbons (Fsp3) is 0.111. The molecule has 0 atom stereocenters. The highest BCUT2D eigenvalue weighted by Gasteiger charge is 2.30. The molecule has 0 fully saturated rings. The standard InChI is InChI=1S/C18H11BrClF3N4O2S2/c19-10-4-5-13(20)12(7-10)15(29)25-16-26-27-17(31-16)30-8-14(28)24-11-3-1-2-9(6-11)18(21,22)23/h1-7H,8H2,(H,24,28)(H,25,26,29). The largest absolute Gasteiger partial charge is 0.416 e. The molecule has 0 unspecified atom stereocenters. The summed E-state index contributed by atoms with van der Waals surface area (Å²) in [6.07, 6.45) is -4.50. The average Bonchev–Trinajstić information content (AvgIpc) is 3.15. The number of thioether (sulfide) groups is 1. The van der Waals surface area contributed by atoms with Crippen molar-refractivity contribution in [1.29, 1.82) is 0 Å². The van der Waals surface area contributed by atoms with E-state index in [0.717, 1.165) is 35.2 Å². The molecule has 3 aromatic rings. The topological polar surface area (TPSA) is 84.0 Å². The minimum atomic E-state index is -4.50. The monoisotopic (exact) mass is 550 g/mol. The highest BCUT2D eigenvalue weighted by molar-refractivity contribution is 9.10. The van der Waals surface area contributed by atoms with Crippen molar-refractivity contribution in [3.63, 3.8) is 0 Å². The molecule has 6 nitrogen and oxygen atoms in total. The number of benzene rings is 2. The summed E-state index contributed by atoms with van der Waals surface area (Å²) in [5.74, 6) is -1.08. The quantitative estimate of drug-likeness (QED) is 0.292. The molecule has 0 radical (unpaired) electrons. The predicted octanol–water partition coefficient (Wildman–Crippen LogP) is 5.96. The van der Waals surface area contributed by atoms with Gasteiger partial charge in [0.15, 0.2) is 4.34 Å². The fourth-order valence-corrected chi connectivity index (χ4v) is 4.36. The number of nitrogens with zero attached hydrogens (tertiary/aromatic N) is 2. The Hall–Kier alpha value is -2.15. The number of halogens is 5. The number of amides is 2. The molecular weight excluding hydrogens is 541 g/mol. The number of nitrogens with one attached hydrogen (secondary N) is 2. The maximum atomic E-state index is 12.7. The van der Waals surface area contributed by atoms with Gasteiger partial charge in [0.25, 0.3) is 5.91 Å². The van der Waals surface area contributed by atoms with Crippen molar-refractivity contribution < 1.29 is 22.8 Å². The van der Waals surface area contributed by atoms with Crippen molar-refractivity contribution in [3.05, 3.63) is 63.1 Å². The zero-order chi connectivity index (χ0) is 22.6. The van der Waals surface area contributed by atoms with Crippen LogP contribution in [0.25, 0.3) is 0 Å². The molecule has 13 heteroatoms. The van der Waals surface area contributed by atoms with E-state index in [9.17, 15) is 22.8 Å². The second-order valence-electron chi connectivity index (χ2n) is 5.87. The zero-order valence-corrected chi connectivity index (χ0v) is 19.1. The summed E-state index contributed by atoms with van der Waals surface area (Å²) in [6.45, 7) is 0. The van der Waals surface area contributed by atoms with Crippen LogP contribution >= 0.6 is 50.6 Å². The van der Waals surface area contributed by atoms with E-state index in [1.54, 1.807) is 18.2 Å². The minimum absolute atomic E-state index is 0.0385. The first-order chi connectivity index (χ1) is 14.6. The molecule has 2 aromatic carbocycles. The Bertz CT molecular complexity index is 1130. The normalized spacial score (nSPS) is 11.3. The summed E-state index contributed by atoms with van der Waals surface area (Å²) in [5.41, 5.74) is -0.564.